The Morgan fingerprint density at radius 2 is 1.64 bits per heavy atom. The largest absolute Gasteiger partial charge is 0.491 e. The number of sulfone groups is 1. The number of aromatic nitrogens is 1. The highest BCUT2D eigenvalue weighted by molar-refractivity contribution is 7.92. The second-order valence-corrected chi connectivity index (χ2v) is 7.88. The van der Waals surface area contributed by atoms with Crippen molar-refractivity contribution >= 4 is 15.6 Å². The van der Waals surface area contributed by atoms with Gasteiger partial charge < -0.3 is 0 Å². The van der Waals surface area contributed by atoms with Gasteiger partial charge in [-0.3, -0.25) is 9.59 Å². The average Bonchev–Trinajstić information content (AvgIpc) is 3.38. The first-order valence-corrected chi connectivity index (χ1v) is 8.85. The molecule has 0 atom stereocenters. The minimum Gasteiger partial charge on any atom is -0.287 e. The van der Waals surface area contributed by atoms with Gasteiger partial charge in [0.05, 0.1) is 10.1 Å². The summed E-state index contributed by atoms with van der Waals surface area (Å²) >= 11 is 0. The van der Waals surface area contributed by atoms with E-state index in [4.69, 9.17) is 0 Å². The van der Waals surface area contributed by atoms with Crippen molar-refractivity contribution in [1.82, 2.24) is 4.57 Å². The minimum absolute atomic E-state index is 0.0211. The summed E-state index contributed by atoms with van der Waals surface area (Å²) in [6.07, 6.45) is -3.89. The summed E-state index contributed by atoms with van der Waals surface area (Å²) in [6, 6.07) is 7.34. The standard InChI is InChI=1S/C16H12F3NO4S/c17-16(18,19)20-13(2-1-3-14(20)21)15(22)10-4-6-11(7-5-10)25(23,24)12-8-9-12/h1-7,12H,8-9H2. The van der Waals surface area contributed by atoms with Gasteiger partial charge in [0.25, 0.3) is 5.56 Å². The third-order valence-corrected chi connectivity index (χ3v) is 6.13. The van der Waals surface area contributed by atoms with Gasteiger partial charge in [-0.05, 0) is 43.2 Å². The van der Waals surface area contributed by atoms with E-state index in [1.54, 1.807) is 0 Å². The van der Waals surface area contributed by atoms with E-state index in [2.05, 4.69) is 0 Å². The number of carbonyl (C=O) groups is 1. The predicted octanol–water partition coefficient (Wildman–Crippen LogP) is 2.49. The lowest BCUT2D eigenvalue weighted by molar-refractivity contribution is -0.206. The van der Waals surface area contributed by atoms with Crippen molar-refractivity contribution in [1.29, 1.82) is 0 Å². The number of rotatable bonds is 4. The molecule has 0 bridgehead atoms. The highest BCUT2D eigenvalue weighted by Crippen LogP contribution is 2.33. The number of ketones is 1. The quantitative estimate of drug-likeness (QED) is 0.774. The van der Waals surface area contributed by atoms with Gasteiger partial charge in [0, 0.05) is 11.6 Å². The van der Waals surface area contributed by atoms with Crippen LogP contribution in [-0.4, -0.2) is 24.0 Å². The van der Waals surface area contributed by atoms with Crippen molar-refractivity contribution in [2.24, 2.45) is 0 Å². The summed E-state index contributed by atoms with van der Waals surface area (Å²) in [7, 11) is -3.46. The molecule has 0 N–H and O–H groups in total. The number of pyridine rings is 1. The van der Waals surface area contributed by atoms with Crippen LogP contribution in [0.25, 0.3) is 0 Å². The highest BCUT2D eigenvalue weighted by Gasteiger charge is 2.37. The topological polar surface area (TPSA) is 73.2 Å². The summed E-state index contributed by atoms with van der Waals surface area (Å²) in [5, 5.41) is -0.432. The fourth-order valence-electron chi connectivity index (χ4n) is 2.44. The van der Waals surface area contributed by atoms with E-state index in [9.17, 15) is 31.2 Å². The van der Waals surface area contributed by atoms with E-state index in [0.717, 1.165) is 24.3 Å². The number of benzene rings is 1. The maximum absolute atomic E-state index is 13.0. The highest BCUT2D eigenvalue weighted by atomic mass is 32.2. The number of halogens is 3. The fraction of sp³-hybridized carbons (Fsp3) is 0.250. The monoisotopic (exact) mass is 371 g/mol. The average molecular weight is 371 g/mol. The minimum atomic E-state index is -5.04. The number of hydrogen-bond acceptors (Lipinski definition) is 4. The van der Waals surface area contributed by atoms with Crippen LogP contribution in [0.3, 0.4) is 0 Å². The van der Waals surface area contributed by atoms with Crippen molar-refractivity contribution in [3.8, 4) is 0 Å². The maximum atomic E-state index is 13.0. The first-order valence-electron chi connectivity index (χ1n) is 7.30. The van der Waals surface area contributed by atoms with E-state index in [1.165, 1.54) is 12.1 Å². The maximum Gasteiger partial charge on any atom is 0.491 e. The first-order chi connectivity index (χ1) is 11.6. The Kier molecular flexibility index (Phi) is 4.06. The summed E-state index contributed by atoms with van der Waals surface area (Å²) in [5.41, 5.74) is -2.34. The molecule has 0 spiro atoms. The number of carbonyl (C=O) groups excluding carboxylic acids is 1. The number of hydrogen-bond donors (Lipinski definition) is 0. The Labute approximate surface area is 140 Å². The Balaban J connectivity index is 2.00. The van der Waals surface area contributed by atoms with Crippen LogP contribution >= 0.6 is 0 Å². The van der Waals surface area contributed by atoms with Crippen LogP contribution in [0.4, 0.5) is 13.2 Å². The van der Waals surface area contributed by atoms with Crippen molar-refractivity contribution in [2.45, 2.75) is 29.3 Å². The second kappa shape index (κ2) is 5.83. The molecule has 2 aromatic rings. The molecule has 5 nitrogen and oxygen atoms in total. The van der Waals surface area contributed by atoms with Crippen LogP contribution in [0, 0.1) is 0 Å². The van der Waals surface area contributed by atoms with Crippen molar-refractivity contribution in [3.05, 3.63) is 64.1 Å². The predicted molar refractivity (Wildman–Crippen MR) is 82.1 cm³/mol. The Morgan fingerprint density at radius 1 is 1.04 bits per heavy atom. The zero-order chi connectivity index (χ0) is 18.4. The van der Waals surface area contributed by atoms with Gasteiger partial charge in [0.15, 0.2) is 9.84 Å². The lowest BCUT2D eigenvalue weighted by atomic mass is 10.1. The Morgan fingerprint density at radius 3 is 2.16 bits per heavy atom. The molecule has 1 aliphatic rings. The lowest BCUT2D eigenvalue weighted by Gasteiger charge is -2.14. The molecule has 0 unspecified atom stereocenters. The van der Waals surface area contributed by atoms with Gasteiger partial charge in [-0.15, -0.1) is 13.2 Å². The molecular formula is C16H12F3NO4S. The van der Waals surface area contributed by atoms with Gasteiger partial charge >= 0.3 is 6.30 Å². The van der Waals surface area contributed by atoms with Crippen molar-refractivity contribution < 1.29 is 26.4 Å². The lowest BCUT2D eigenvalue weighted by Crippen LogP contribution is -2.34. The fourth-order valence-corrected chi connectivity index (χ4v) is 4.10. The summed E-state index contributed by atoms with van der Waals surface area (Å²) < 4.78 is 62.8. The molecule has 0 radical (unpaired) electrons. The third-order valence-electron chi connectivity index (χ3n) is 3.85. The third kappa shape index (κ3) is 3.23. The summed E-state index contributed by atoms with van der Waals surface area (Å²) in [4.78, 5) is 23.9. The van der Waals surface area contributed by atoms with Gasteiger partial charge in [-0.2, -0.15) is 0 Å². The number of alkyl halides is 3. The molecular weight excluding hydrogens is 359 g/mol. The van der Waals surface area contributed by atoms with Crippen LogP contribution in [0.2, 0.25) is 0 Å². The van der Waals surface area contributed by atoms with Gasteiger partial charge in [-0.25, -0.2) is 13.0 Å². The second-order valence-electron chi connectivity index (χ2n) is 5.65. The number of nitrogens with zero attached hydrogens (tertiary/aromatic N) is 1. The van der Waals surface area contributed by atoms with Crippen LogP contribution in [-0.2, 0) is 16.1 Å². The molecule has 0 aliphatic heterocycles. The first kappa shape index (κ1) is 17.4. The van der Waals surface area contributed by atoms with Crippen LogP contribution in [0.15, 0.2) is 52.2 Å². The van der Waals surface area contributed by atoms with E-state index in [-0.39, 0.29) is 10.5 Å². The molecule has 9 heteroatoms. The smallest absolute Gasteiger partial charge is 0.287 e. The molecule has 3 rings (SSSR count). The van der Waals surface area contributed by atoms with Crippen LogP contribution in [0.5, 0.6) is 0 Å². The van der Waals surface area contributed by atoms with E-state index >= 15 is 0 Å². The SMILES string of the molecule is O=C(c1ccc(S(=O)(=O)C2CC2)cc1)c1cccc(=O)n1C(F)(F)F. The molecule has 1 fully saturated rings. The molecule has 0 amide bonds. The van der Waals surface area contributed by atoms with Gasteiger partial charge in [0.2, 0.25) is 5.78 Å². The molecule has 1 heterocycles. The molecule has 1 aliphatic carbocycles. The van der Waals surface area contributed by atoms with E-state index in [1.807, 2.05) is 0 Å². The summed E-state index contributed by atoms with van der Waals surface area (Å²) in [6.45, 7) is 0. The normalized spacial score (nSPS) is 15.2. The van der Waals surface area contributed by atoms with Crippen molar-refractivity contribution in [2.75, 3.05) is 0 Å². The van der Waals surface area contributed by atoms with E-state index in [0.29, 0.717) is 18.9 Å². The molecule has 1 aromatic heterocycles. The van der Waals surface area contributed by atoms with Crippen molar-refractivity contribution in [3.63, 3.8) is 0 Å². The molecule has 132 valence electrons. The molecule has 1 saturated carbocycles. The van der Waals surface area contributed by atoms with Crippen LogP contribution < -0.4 is 5.56 Å². The zero-order valence-corrected chi connectivity index (χ0v) is 13.5. The van der Waals surface area contributed by atoms with Gasteiger partial charge in [0.1, 0.15) is 5.69 Å². The van der Waals surface area contributed by atoms with Gasteiger partial charge in [-0.1, -0.05) is 6.07 Å². The van der Waals surface area contributed by atoms with E-state index < -0.39 is 43.0 Å². The Bertz CT molecular complexity index is 987. The summed E-state index contributed by atoms with van der Waals surface area (Å²) in [5.74, 6) is -1.02. The molecule has 0 saturated heterocycles. The van der Waals surface area contributed by atoms with Crippen LogP contribution in [0.1, 0.15) is 28.9 Å². The zero-order valence-electron chi connectivity index (χ0n) is 12.7. The molecule has 1 aromatic carbocycles. The molecule has 25 heavy (non-hydrogen) atoms. The Hall–Kier alpha value is -2.42.